The largest absolute Gasteiger partial charge is 0.147 e. The molecule has 0 spiro atoms. The molecule has 0 aromatic heterocycles. The van der Waals surface area contributed by atoms with Crippen molar-refractivity contribution in [2.24, 2.45) is 5.92 Å². The molecule has 0 fully saturated rings. The molecule has 1 aromatic carbocycles. The van der Waals surface area contributed by atoms with Crippen molar-refractivity contribution >= 4 is 41.7 Å². The summed E-state index contributed by atoms with van der Waals surface area (Å²) in [6, 6.07) is 7.06. The van der Waals surface area contributed by atoms with Gasteiger partial charge in [0.05, 0.1) is 0 Å². The third kappa shape index (κ3) is 6.62. The molecule has 2 rings (SSSR count). The molecule has 1 aromatic rings. The Kier molecular flexibility index (Phi) is 11.0. The van der Waals surface area contributed by atoms with Crippen LogP contribution in [0.2, 0.25) is 13.1 Å². The zero-order valence-electron chi connectivity index (χ0n) is 21.1. The van der Waals surface area contributed by atoms with Crippen LogP contribution in [-0.4, -0.2) is 16.9 Å². The first-order valence-electron chi connectivity index (χ1n) is 10.7. The summed E-state index contributed by atoms with van der Waals surface area (Å²) in [6.45, 7) is 25.1. The Hall–Kier alpha value is 0.228. The van der Waals surface area contributed by atoms with Gasteiger partial charge in [0.15, 0.2) is 0 Å². The summed E-state index contributed by atoms with van der Waals surface area (Å²) < 4.78 is 8.79. The monoisotopic (exact) mass is 521 g/mol. The molecular weight excluding hydrogens is 479 g/mol. The van der Waals surface area contributed by atoms with E-state index in [-0.39, 0.29) is 35.6 Å². The molecule has 0 radical (unpaired) electrons. The van der Waals surface area contributed by atoms with Gasteiger partial charge >= 0.3 is 185 Å². The number of rotatable bonds is 4. The van der Waals surface area contributed by atoms with Crippen LogP contribution in [0.4, 0.5) is 0 Å². The molecule has 30 heavy (non-hydrogen) atoms. The van der Waals surface area contributed by atoms with Gasteiger partial charge in [0, 0.05) is 0 Å². The van der Waals surface area contributed by atoms with Gasteiger partial charge in [-0.15, -0.1) is 24.8 Å². The normalized spacial score (nSPS) is 17.3. The van der Waals surface area contributed by atoms with E-state index < -0.39 is 24.2 Å². The molecule has 1 nitrogen and oxygen atoms in total. The molecule has 1 aliphatic rings. The molecule has 1 unspecified atom stereocenters. The van der Waals surface area contributed by atoms with E-state index >= 15 is 0 Å². The van der Waals surface area contributed by atoms with Crippen LogP contribution >= 0.6 is 24.8 Å². The first-order chi connectivity index (χ1) is 12.6. The molecule has 0 bridgehead atoms. The van der Waals surface area contributed by atoms with Gasteiger partial charge in [-0.05, 0) is 0 Å². The topological polar surface area (TPSA) is 9.23 Å². The van der Waals surface area contributed by atoms with E-state index in [2.05, 4.69) is 93.6 Å². The Balaban J connectivity index is 0.00000420. The summed E-state index contributed by atoms with van der Waals surface area (Å²) >= 11 is -1.76. The van der Waals surface area contributed by atoms with E-state index in [1.54, 1.807) is 20.2 Å². The van der Waals surface area contributed by atoms with Crippen LogP contribution in [0, 0.1) is 5.92 Å². The zero-order chi connectivity index (χ0) is 21.6. The van der Waals surface area contributed by atoms with E-state index in [4.69, 9.17) is 3.32 Å². The van der Waals surface area contributed by atoms with Gasteiger partial charge in [0.1, 0.15) is 0 Å². The average molecular weight is 523 g/mol. The fourth-order valence-corrected chi connectivity index (χ4v) is 16.9. The number of halogens is 2. The molecule has 171 valence electrons. The number of hydrogen-bond acceptors (Lipinski definition) is 1. The molecular formula is C24H43Cl2OSi2Ti. The number of allylic oxidation sites excluding steroid dienone is 4. The summed E-state index contributed by atoms with van der Waals surface area (Å²) in [6.07, 6.45) is 0. The summed E-state index contributed by atoms with van der Waals surface area (Å²) in [5.41, 5.74) is 6.20. The summed E-state index contributed by atoms with van der Waals surface area (Å²) in [4.78, 5) is 0. The van der Waals surface area contributed by atoms with Crippen molar-refractivity contribution in [3.8, 4) is 5.75 Å². The Morgan fingerprint density at radius 3 is 1.63 bits per heavy atom. The van der Waals surface area contributed by atoms with Gasteiger partial charge in [0.25, 0.3) is 0 Å². The zero-order valence-corrected chi connectivity index (χ0v) is 27.5. The predicted octanol–water partition coefficient (Wildman–Crippen LogP) is 6.58. The molecule has 0 heterocycles. The van der Waals surface area contributed by atoms with Crippen molar-refractivity contribution < 1.29 is 20.8 Å². The van der Waals surface area contributed by atoms with E-state index in [0.717, 1.165) is 16.0 Å². The number of hydrogen-bond donors (Lipinski definition) is 0. The van der Waals surface area contributed by atoms with E-state index in [9.17, 15) is 0 Å². The Morgan fingerprint density at radius 1 is 0.900 bits per heavy atom. The fraction of sp³-hybridized carbons (Fsp3) is 0.583. The molecule has 0 amide bonds. The van der Waals surface area contributed by atoms with E-state index in [1.807, 2.05) is 0 Å². The fourth-order valence-electron chi connectivity index (χ4n) is 3.90. The Morgan fingerprint density at radius 2 is 1.33 bits per heavy atom. The Labute approximate surface area is 208 Å². The molecule has 0 saturated carbocycles. The van der Waals surface area contributed by atoms with Crippen molar-refractivity contribution in [3.63, 3.8) is 0 Å². The number of benzene rings is 1. The van der Waals surface area contributed by atoms with Crippen molar-refractivity contribution in [2.45, 2.75) is 86.2 Å². The quantitative estimate of drug-likeness (QED) is 0.406. The van der Waals surface area contributed by atoms with Gasteiger partial charge in [0.2, 0.25) is 0 Å². The maximum Gasteiger partial charge on any atom is -0.147 e. The van der Waals surface area contributed by atoms with Crippen molar-refractivity contribution in [3.05, 3.63) is 49.5 Å². The minimum atomic E-state index is -1.76. The average Bonchev–Trinajstić information content (AvgIpc) is 2.74. The standard InChI is InChI=1S/C14H22O.C8H13Si.C2H7Si.2ClH.Ti/c1-13(2,3)10-7-11(14(4,5)6)9-12(15)8-10;1-5-4-8(9)7(3)6(5)2;1-3-2;;;/h7-9,15H,1-6H3;5H,1-3,9H3;3H,1-2H3;2*1H;/q;;;;;+1/p-1. The first kappa shape index (κ1) is 30.2. The van der Waals surface area contributed by atoms with Crippen molar-refractivity contribution in [2.75, 3.05) is 0 Å². The van der Waals surface area contributed by atoms with Crippen LogP contribution in [0.1, 0.15) is 73.4 Å². The SMILES string of the molecule is CC1=C(C)C(C)[C]([Ti]([O]c2cc(C(C)(C)C)cc(C(C)(C)C)c2)[SiH](C)C)=C1[SiH3].Cl.Cl. The summed E-state index contributed by atoms with van der Waals surface area (Å²) in [5.74, 6) is 1.73. The second kappa shape index (κ2) is 10.9. The molecule has 0 N–H and O–H groups in total. The second-order valence-corrected chi connectivity index (χ2v) is 24.1. The minimum absolute atomic E-state index is 0. The van der Waals surface area contributed by atoms with Crippen LogP contribution in [0.15, 0.2) is 38.4 Å². The predicted molar refractivity (Wildman–Crippen MR) is 142 cm³/mol. The van der Waals surface area contributed by atoms with Gasteiger partial charge < -0.3 is 0 Å². The van der Waals surface area contributed by atoms with Crippen LogP contribution in [0.3, 0.4) is 0 Å². The van der Waals surface area contributed by atoms with Crippen molar-refractivity contribution in [1.82, 2.24) is 0 Å². The van der Waals surface area contributed by atoms with E-state index in [0.29, 0.717) is 5.92 Å². The van der Waals surface area contributed by atoms with Crippen LogP contribution < -0.4 is 3.32 Å². The second-order valence-electron chi connectivity index (χ2n) is 10.9. The van der Waals surface area contributed by atoms with Crippen molar-refractivity contribution in [1.29, 1.82) is 0 Å². The van der Waals surface area contributed by atoms with Gasteiger partial charge in [-0.1, -0.05) is 0 Å². The van der Waals surface area contributed by atoms with Gasteiger partial charge in [-0.25, -0.2) is 0 Å². The smallest absolute Gasteiger partial charge is 0.147 e. The van der Waals surface area contributed by atoms with Gasteiger partial charge in [-0.3, -0.25) is 0 Å². The molecule has 6 heteroatoms. The Bertz CT molecular complexity index is 785. The first-order valence-corrected chi connectivity index (χ1v) is 18.7. The molecule has 0 saturated heterocycles. The molecule has 1 aliphatic carbocycles. The molecule has 0 aliphatic heterocycles. The minimum Gasteiger partial charge on any atom is -0.147 e. The van der Waals surface area contributed by atoms with Crippen LogP contribution in [0.25, 0.3) is 0 Å². The maximum absolute atomic E-state index is 7.04. The maximum atomic E-state index is 7.04. The third-order valence-electron chi connectivity index (χ3n) is 6.30. The third-order valence-corrected chi connectivity index (χ3v) is 18.9. The molecule has 1 atom stereocenters. The summed E-state index contributed by atoms with van der Waals surface area (Å²) in [7, 11) is 1.14. The van der Waals surface area contributed by atoms with Crippen LogP contribution in [0.5, 0.6) is 5.75 Å². The summed E-state index contributed by atoms with van der Waals surface area (Å²) in [5, 5.41) is 1.67. The van der Waals surface area contributed by atoms with Crippen LogP contribution in [-0.2, 0) is 28.3 Å². The van der Waals surface area contributed by atoms with E-state index in [1.165, 1.54) is 11.1 Å². The van der Waals surface area contributed by atoms with Gasteiger partial charge in [-0.2, -0.15) is 0 Å².